The Bertz CT molecular complexity index is 602. The number of hydrogen-bond donors (Lipinski definition) is 1. The summed E-state index contributed by atoms with van der Waals surface area (Å²) in [7, 11) is 1.58. The number of carboxylic acids is 1. The molecule has 0 saturated heterocycles. The summed E-state index contributed by atoms with van der Waals surface area (Å²) in [5.74, 6) is -1.04. The van der Waals surface area contributed by atoms with Crippen LogP contribution in [0.1, 0.15) is 41.5 Å². The summed E-state index contributed by atoms with van der Waals surface area (Å²) in [6.07, 6.45) is 3.39. The molecule has 0 atom stereocenters. The standard InChI is InChI=1S/C16H20N2O3/c1-3-4-5-12-6-8-13(9-7-12)18-14(11-21-2)10-15(17-18)16(19)20/h6-10H,3-5,11H2,1-2H3,(H,19,20). The van der Waals surface area contributed by atoms with Crippen LogP contribution >= 0.6 is 0 Å². The molecule has 2 aromatic rings. The van der Waals surface area contributed by atoms with Gasteiger partial charge < -0.3 is 9.84 Å². The normalized spacial score (nSPS) is 10.8. The molecule has 0 aliphatic heterocycles. The first-order valence-electron chi connectivity index (χ1n) is 7.06. The Balaban J connectivity index is 2.29. The molecule has 112 valence electrons. The lowest BCUT2D eigenvalue weighted by molar-refractivity contribution is 0.0690. The van der Waals surface area contributed by atoms with Gasteiger partial charge in [-0.1, -0.05) is 25.5 Å². The topological polar surface area (TPSA) is 64.4 Å². The fourth-order valence-electron chi connectivity index (χ4n) is 2.18. The zero-order valence-corrected chi connectivity index (χ0v) is 12.4. The Morgan fingerprint density at radius 2 is 2.05 bits per heavy atom. The van der Waals surface area contributed by atoms with E-state index < -0.39 is 5.97 Å². The average Bonchev–Trinajstić information content (AvgIpc) is 2.90. The Labute approximate surface area is 124 Å². The number of ether oxygens (including phenoxy) is 1. The molecule has 0 aliphatic rings. The predicted octanol–water partition coefficient (Wildman–Crippen LogP) is 3.06. The Morgan fingerprint density at radius 1 is 1.33 bits per heavy atom. The van der Waals surface area contributed by atoms with Crippen molar-refractivity contribution in [2.24, 2.45) is 0 Å². The molecule has 1 N–H and O–H groups in total. The second kappa shape index (κ2) is 7.04. The molecule has 0 bridgehead atoms. The Morgan fingerprint density at radius 3 is 2.62 bits per heavy atom. The number of nitrogens with zero attached hydrogens (tertiary/aromatic N) is 2. The van der Waals surface area contributed by atoms with Gasteiger partial charge in [0.15, 0.2) is 5.69 Å². The van der Waals surface area contributed by atoms with Gasteiger partial charge in [0.25, 0.3) is 0 Å². The second-order valence-corrected chi connectivity index (χ2v) is 4.94. The van der Waals surface area contributed by atoms with Crippen LogP contribution < -0.4 is 0 Å². The number of aromatic nitrogens is 2. The van der Waals surface area contributed by atoms with Crippen molar-refractivity contribution < 1.29 is 14.6 Å². The predicted molar refractivity (Wildman–Crippen MR) is 79.8 cm³/mol. The lowest BCUT2D eigenvalue weighted by Gasteiger charge is -2.08. The molecule has 0 fully saturated rings. The largest absolute Gasteiger partial charge is 0.476 e. The van der Waals surface area contributed by atoms with Crippen LogP contribution in [0.25, 0.3) is 5.69 Å². The van der Waals surface area contributed by atoms with Gasteiger partial charge in [-0.2, -0.15) is 5.10 Å². The smallest absolute Gasteiger partial charge is 0.356 e. The van der Waals surface area contributed by atoms with Crippen LogP contribution in [0, 0.1) is 0 Å². The van der Waals surface area contributed by atoms with Crippen molar-refractivity contribution in [3.05, 3.63) is 47.3 Å². The van der Waals surface area contributed by atoms with Crippen LogP contribution in [-0.2, 0) is 17.8 Å². The van der Waals surface area contributed by atoms with E-state index in [4.69, 9.17) is 9.84 Å². The van der Waals surface area contributed by atoms with Gasteiger partial charge in [-0.15, -0.1) is 0 Å². The highest BCUT2D eigenvalue weighted by Gasteiger charge is 2.14. The first kappa shape index (κ1) is 15.3. The summed E-state index contributed by atoms with van der Waals surface area (Å²) in [6, 6.07) is 9.58. The lowest BCUT2D eigenvalue weighted by Crippen LogP contribution is -2.04. The molecule has 1 aromatic heterocycles. The first-order valence-corrected chi connectivity index (χ1v) is 7.06. The molecular formula is C16H20N2O3. The minimum Gasteiger partial charge on any atom is -0.476 e. The number of methoxy groups -OCH3 is 1. The highest BCUT2D eigenvalue weighted by Crippen LogP contribution is 2.16. The van der Waals surface area contributed by atoms with Gasteiger partial charge in [0.2, 0.25) is 0 Å². The van der Waals surface area contributed by atoms with Crippen molar-refractivity contribution in [2.75, 3.05) is 7.11 Å². The van der Waals surface area contributed by atoms with Crippen LogP contribution in [-0.4, -0.2) is 28.0 Å². The minimum absolute atomic E-state index is 0.0251. The molecule has 0 amide bonds. The van der Waals surface area contributed by atoms with Crippen LogP contribution in [0.5, 0.6) is 0 Å². The Kier molecular flexibility index (Phi) is 5.11. The van der Waals surface area contributed by atoms with Gasteiger partial charge in [-0.3, -0.25) is 0 Å². The number of aryl methyl sites for hydroxylation is 1. The zero-order chi connectivity index (χ0) is 15.2. The molecular weight excluding hydrogens is 268 g/mol. The Hall–Kier alpha value is -2.14. The molecule has 0 radical (unpaired) electrons. The average molecular weight is 288 g/mol. The van der Waals surface area contributed by atoms with E-state index >= 15 is 0 Å². The summed E-state index contributed by atoms with van der Waals surface area (Å²) in [5, 5.41) is 13.2. The molecule has 2 rings (SSSR count). The van der Waals surface area contributed by atoms with Crippen molar-refractivity contribution in [3.63, 3.8) is 0 Å². The van der Waals surface area contributed by atoms with Gasteiger partial charge in [-0.25, -0.2) is 9.48 Å². The second-order valence-electron chi connectivity index (χ2n) is 4.94. The number of rotatable bonds is 7. The van der Waals surface area contributed by atoms with Crippen molar-refractivity contribution in [2.45, 2.75) is 32.8 Å². The number of carboxylic acid groups (broad SMARTS) is 1. The number of carbonyl (C=O) groups is 1. The van der Waals surface area contributed by atoms with Crippen LogP contribution in [0.15, 0.2) is 30.3 Å². The summed E-state index contributed by atoms with van der Waals surface area (Å²) < 4.78 is 6.73. The third kappa shape index (κ3) is 3.70. The van der Waals surface area contributed by atoms with E-state index in [0.29, 0.717) is 6.61 Å². The SMILES string of the molecule is CCCCc1ccc(-n2nc(C(=O)O)cc2COC)cc1. The number of unbranched alkanes of at least 4 members (excludes halogenated alkanes) is 1. The van der Waals surface area contributed by atoms with Crippen molar-refractivity contribution in [1.82, 2.24) is 9.78 Å². The van der Waals surface area contributed by atoms with E-state index in [0.717, 1.165) is 17.8 Å². The lowest BCUT2D eigenvalue weighted by atomic mass is 10.1. The zero-order valence-electron chi connectivity index (χ0n) is 12.4. The first-order chi connectivity index (χ1) is 10.2. The number of hydrogen-bond acceptors (Lipinski definition) is 3. The van der Waals surface area contributed by atoms with E-state index in [1.165, 1.54) is 24.5 Å². The summed E-state index contributed by atoms with van der Waals surface area (Å²) in [6.45, 7) is 2.49. The molecule has 0 unspecified atom stereocenters. The van der Waals surface area contributed by atoms with E-state index in [1.807, 2.05) is 12.1 Å². The van der Waals surface area contributed by atoms with Crippen LogP contribution in [0.4, 0.5) is 0 Å². The summed E-state index contributed by atoms with van der Waals surface area (Å²) in [5.41, 5.74) is 2.86. The minimum atomic E-state index is -1.04. The quantitative estimate of drug-likeness (QED) is 0.850. The highest BCUT2D eigenvalue weighted by molar-refractivity contribution is 5.85. The maximum atomic E-state index is 11.1. The summed E-state index contributed by atoms with van der Waals surface area (Å²) in [4.78, 5) is 11.1. The highest BCUT2D eigenvalue weighted by atomic mass is 16.5. The summed E-state index contributed by atoms with van der Waals surface area (Å²) >= 11 is 0. The van der Waals surface area contributed by atoms with Gasteiger partial charge in [0.05, 0.1) is 18.0 Å². The maximum absolute atomic E-state index is 11.1. The van der Waals surface area contributed by atoms with Crippen molar-refractivity contribution in [3.8, 4) is 5.69 Å². The van der Waals surface area contributed by atoms with E-state index in [1.54, 1.807) is 11.8 Å². The van der Waals surface area contributed by atoms with Gasteiger partial charge >= 0.3 is 5.97 Å². The molecule has 0 aliphatic carbocycles. The molecule has 0 spiro atoms. The van der Waals surface area contributed by atoms with Gasteiger partial charge in [0, 0.05) is 7.11 Å². The van der Waals surface area contributed by atoms with Gasteiger partial charge in [0.1, 0.15) is 0 Å². The van der Waals surface area contributed by atoms with Crippen molar-refractivity contribution >= 4 is 5.97 Å². The number of aromatic carboxylic acids is 1. The fraction of sp³-hybridized carbons (Fsp3) is 0.375. The number of benzene rings is 1. The molecule has 5 nitrogen and oxygen atoms in total. The van der Waals surface area contributed by atoms with Crippen LogP contribution in [0.3, 0.4) is 0 Å². The van der Waals surface area contributed by atoms with Gasteiger partial charge in [-0.05, 0) is 36.6 Å². The fourth-order valence-corrected chi connectivity index (χ4v) is 2.18. The van der Waals surface area contributed by atoms with E-state index in [2.05, 4.69) is 24.2 Å². The van der Waals surface area contributed by atoms with Crippen molar-refractivity contribution in [1.29, 1.82) is 0 Å². The van der Waals surface area contributed by atoms with E-state index in [-0.39, 0.29) is 5.69 Å². The third-order valence-corrected chi connectivity index (χ3v) is 3.29. The molecule has 5 heteroatoms. The molecule has 1 aromatic carbocycles. The molecule has 0 saturated carbocycles. The maximum Gasteiger partial charge on any atom is 0.356 e. The monoisotopic (exact) mass is 288 g/mol. The molecule has 21 heavy (non-hydrogen) atoms. The van der Waals surface area contributed by atoms with E-state index in [9.17, 15) is 4.79 Å². The van der Waals surface area contributed by atoms with Crippen LogP contribution in [0.2, 0.25) is 0 Å². The third-order valence-electron chi connectivity index (χ3n) is 3.29. The molecule has 1 heterocycles.